The third-order valence-electron chi connectivity index (χ3n) is 2.94. The number of aromatic nitrogens is 1. The van der Waals surface area contributed by atoms with Crippen LogP contribution in [-0.4, -0.2) is 17.9 Å². The van der Waals surface area contributed by atoms with Crippen molar-refractivity contribution in [2.75, 3.05) is 18.2 Å². The first kappa shape index (κ1) is 15.5. The van der Waals surface area contributed by atoms with Gasteiger partial charge >= 0.3 is 0 Å². The van der Waals surface area contributed by atoms with Crippen molar-refractivity contribution in [1.82, 2.24) is 4.98 Å². The molecule has 0 radical (unpaired) electrons. The summed E-state index contributed by atoms with van der Waals surface area (Å²) in [6, 6.07) is 1.99. The second-order valence-electron chi connectivity index (χ2n) is 4.94. The number of allylic oxidation sites excluding steroid dienone is 2. The molecule has 112 valence electrons. The summed E-state index contributed by atoms with van der Waals surface area (Å²) in [6.07, 6.45) is 1.54. The van der Waals surface area contributed by atoms with Crippen LogP contribution in [0.5, 0.6) is 0 Å². The zero-order valence-corrected chi connectivity index (χ0v) is 13.4. The summed E-state index contributed by atoms with van der Waals surface area (Å²) >= 11 is 1.43. The van der Waals surface area contributed by atoms with Crippen LogP contribution in [0.4, 0.5) is 10.7 Å². The highest BCUT2D eigenvalue weighted by Crippen LogP contribution is 2.40. The van der Waals surface area contributed by atoms with E-state index in [2.05, 4.69) is 10.3 Å². The molecule has 0 aliphatic rings. The number of carbonyl (C=O) groups excluding carboxylic acids is 1. The van der Waals surface area contributed by atoms with E-state index >= 15 is 0 Å². The summed E-state index contributed by atoms with van der Waals surface area (Å²) < 4.78 is 5.26. The van der Waals surface area contributed by atoms with Gasteiger partial charge in [-0.15, -0.1) is 0 Å². The normalized spacial score (nSPS) is 11.9. The number of rotatable bonds is 5. The first-order chi connectivity index (χ1) is 9.92. The minimum Gasteiger partial charge on any atom is -0.389 e. The maximum atomic E-state index is 11.2. The van der Waals surface area contributed by atoms with E-state index in [1.54, 1.807) is 13.2 Å². The highest BCUT2D eigenvalue weighted by Gasteiger charge is 2.16. The molecular formula is C15H19N3O2S. The van der Waals surface area contributed by atoms with E-state index in [0.717, 1.165) is 32.9 Å². The number of hydrogen-bond donors (Lipinski definition) is 2. The van der Waals surface area contributed by atoms with Gasteiger partial charge < -0.3 is 15.8 Å². The molecular weight excluding hydrogens is 286 g/mol. The number of anilines is 2. The van der Waals surface area contributed by atoms with E-state index in [-0.39, 0.29) is 5.78 Å². The summed E-state index contributed by atoms with van der Waals surface area (Å²) in [5.41, 5.74) is 9.62. The number of nitrogens with two attached hydrogens (primary N) is 1. The van der Waals surface area contributed by atoms with E-state index < -0.39 is 0 Å². The molecule has 0 saturated carbocycles. The second-order valence-corrected chi connectivity index (χ2v) is 5.97. The molecule has 0 atom stereocenters. The van der Waals surface area contributed by atoms with E-state index in [1.807, 2.05) is 19.9 Å². The van der Waals surface area contributed by atoms with Crippen LogP contribution in [0.1, 0.15) is 25.1 Å². The summed E-state index contributed by atoms with van der Waals surface area (Å²) in [7, 11) is 1.66. The average Bonchev–Trinajstić information content (AvgIpc) is 2.64. The van der Waals surface area contributed by atoms with Crippen molar-refractivity contribution < 1.29 is 9.53 Å². The zero-order valence-electron chi connectivity index (χ0n) is 12.6. The number of ketones is 1. The molecule has 2 aromatic rings. The fourth-order valence-electron chi connectivity index (χ4n) is 2.26. The maximum Gasteiger partial charge on any atom is 0.154 e. The average molecular weight is 305 g/mol. The van der Waals surface area contributed by atoms with Gasteiger partial charge in [0.05, 0.1) is 12.3 Å². The Bertz CT molecular complexity index is 719. The SMILES string of the molecule is COCc1cc(C)nc2sc(N)c(NC(C)=CC(C)=O)c12. The standard InChI is InChI=1S/C15H19N3O2S/c1-8(5-10(3)19)17-13-12-11(7-20-4)6-9(2)18-15(12)21-14(13)16/h5-6,17H,7,16H2,1-4H3. The molecule has 2 rings (SSSR count). The van der Waals surface area contributed by atoms with Crippen LogP contribution in [0.15, 0.2) is 17.8 Å². The molecule has 6 heteroatoms. The number of hydrogen-bond acceptors (Lipinski definition) is 6. The number of nitrogen functional groups attached to an aromatic ring is 1. The largest absolute Gasteiger partial charge is 0.389 e. The number of fused-ring (bicyclic) bond motifs is 1. The number of nitrogens with zero attached hydrogens (tertiary/aromatic N) is 1. The molecule has 0 saturated heterocycles. The molecule has 0 amide bonds. The van der Waals surface area contributed by atoms with Gasteiger partial charge in [0.2, 0.25) is 0 Å². The van der Waals surface area contributed by atoms with E-state index in [9.17, 15) is 4.79 Å². The predicted octanol–water partition coefficient (Wildman–Crippen LogP) is 3.24. The molecule has 0 aliphatic carbocycles. The third-order valence-corrected chi connectivity index (χ3v) is 3.85. The first-order valence-electron chi connectivity index (χ1n) is 6.55. The first-order valence-corrected chi connectivity index (χ1v) is 7.37. The van der Waals surface area contributed by atoms with Gasteiger partial charge in [-0.05, 0) is 38.5 Å². The molecule has 21 heavy (non-hydrogen) atoms. The van der Waals surface area contributed by atoms with Gasteiger partial charge in [0, 0.05) is 23.9 Å². The number of pyridine rings is 1. The number of methoxy groups -OCH3 is 1. The van der Waals surface area contributed by atoms with Crippen LogP contribution >= 0.6 is 11.3 Å². The second kappa shape index (κ2) is 6.24. The summed E-state index contributed by atoms with van der Waals surface area (Å²) in [4.78, 5) is 16.6. The van der Waals surface area contributed by atoms with Gasteiger partial charge in [0.1, 0.15) is 9.83 Å². The highest BCUT2D eigenvalue weighted by molar-refractivity contribution is 7.23. The monoisotopic (exact) mass is 305 g/mol. The Labute approximate surface area is 127 Å². The van der Waals surface area contributed by atoms with E-state index in [1.165, 1.54) is 18.3 Å². The van der Waals surface area contributed by atoms with Crippen LogP contribution in [0.3, 0.4) is 0 Å². The van der Waals surface area contributed by atoms with Crippen LogP contribution in [0, 0.1) is 6.92 Å². The number of aryl methyl sites for hydroxylation is 1. The predicted molar refractivity (Wildman–Crippen MR) is 87.5 cm³/mol. The molecule has 2 heterocycles. The fraction of sp³-hybridized carbons (Fsp3) is 0.333. The van der Waals surface area contributed by atoms with Crippen molar-refractivity contribution in [2.45, 2.75) is 27.4 Å². The smallest absolute Gasteiger partial charge is 0.154 e. The zero-order chi connectivity index (χ0) is 15.6. The Balaban J connectivity index is 2.57. The van der Waals surface area contributed by atoms with E-state index in [4.69, 9.17) is 10.5 Å². The lowest BCUT2D eigenvalue weighted by atomic mass is 10.1. The minimum absolute atomic E-state index is 0.0100. The Morgan fingerprint density at radius 2 is 2.24 bits per heavy atom. The van der Waals surface area contributed by atoms with Crippen molar-refractivity contribution in [3.63, 3.8) is 0 Å². The lowest BCUT2D eigenvalue weighted by molar-refractivity contribution is -0.112. The Morgan fingerprint density at radius 1 is 1.52 bits per heavy atom. The van der Waals surface area contributed by atoms with Crippen molar-refractivity contribution in [2.24, 2.45) is 0 Å². The summed E-state index contributed by atoms with van der Waals surface area (Å²) in [5.74, 6) is -0.0100. The number of thiophene rings is 1. The molecule has 0 spiro atoms. The minimum atomic E-state index is -0.0100. The van der Waals surface area contributed by atoms with Crippen LogP contribution in [-0.2, 0) is 16.1 Å². The van der Waals surface area contributed by atoms with Crippen molar-refractivity contribution in [3.05, 3.63) is 29.1 Å². The maximum absolute atomic E-state index is 11.2. The molecule has 3 N–H and O–H groups in total. The van der Waals surface area contributed by atoms with Gasteiger partial charge in [0.15, 0.2) is 5.78 Å². The number of nitrogens with one attached hydrogen (secondary N) is 1. The molecule has 5 nitrogen and oxygen atoms in total. The fourth-order valence-corrected chi connectivity index (χ4v) is 3.25. The molecule has 0 aromatic carbocycles. The molecule has 2 aromatic heterocycles. The van der Waals surface area contributed by atoms with Crippen LogP contribution in [0.25, 0.3) is 10.2 Å². The number of ether oxygens (including phenoxy) is 1. The van der Waals surface area contributed by atoms with Gasteiger partial charge in [-0.1, -0.05) is 11.3 Å². The molecule has 0 fully saturated rings. The molecule has 0 bridgehead atoms. The quantitative estimate of drug-likeness (QED) is 0.829. The van der Waals surface area contributed by atoms with Crippen LogP contribution in [0.2, 0.25) is 0 Å². The Morgan fingerprint density at radius 3 is 2.86 bits per heavy atom. The number of carbonyl (C=O) groups is 1. The topological polar surface area (TPSA) is 77.2 Å². The van der Waals surface area contributed by atoms with Crippen molar-refractivity contribution >= 4 is 38.0 Å². The van der Waals surface area contributed by atoms with Gasteiger partial charge in [0.25, 0.3) is 0 Å². The van der Waals surface area contributed by atoms with Crippen molar-refractivity contribution in [1.29, 1.82) is 0 Å². The van der Waals surface area contributed by atoms with Gasteiger partial charge in [-0.25, -0.2) is 4.98 Å². The third kappa shape index (κ3) is 3.40. The molecule has 0 unspecified atom stereocenters. The molecule has 0 aliphatic heterocycles. The van der Waals surface area contributed by atoms with E-state index in [0.29, 0.717) is 11.6 Å². The summed E-state index contributed by atoms with van der Waals surface area (Å²) in [6.45, 7) is 5.78. The highest BCUT2D eigenvalue weighted by atomic mass is 32.1. The summed E-state index contributed by atoms with van der Waals surface area (Å²) in [5, 5.41) is 4.82. The lowest BCUT2D eigenvalue weighted by Crippen LogP contribution is -2.01. The van der Waals surface area contributed by atoms with Gasteiger partial charge in [-0.2, -0.15) is 0 Å². The Hall–Kier alpha value is -1.92. The Kier molecular flexibility index (Phi) is 4.59. The van der Waals surface area contributed by atoms with Crippen molar-refractivity contribution in [3.8, 4) is 0 Å². The lowest BCUT2D eigenvalue weighted by Gasteiger charge is -2.09. The van der Waals surface area contributed by atoms with Crippen LogP contribution < -0.4 is 11.1 Å². The van der Waals surface area contributed by atoms with Gasteiger partial charge in [-0.3, -0.25) is 4.79 Å².